The third-order valence-electron chi connectivity index (χ3n) is 4.14. The first kappa shape index (κ1) is 20.5. The number of nitrogens with zero attached hydrogens (tertiary/aromatic N) is 1. The highest BCUT2D eigenvalue weighted by Gasteiger charge is 2.20. The van der Waals surface area contributed by atoms with Gasteiger partial charge in [-0.2, -0.15) is 0 Å². The largest absolute Gasteiger partial charge is 0.354 e. The van der Waals surface area contributed by atoms with Crippen molar-refractivity contribution in [3.05, 3.63) is 29.3 Å². The Morgan fingerprint density at radius 2 is 1.96 bits per heavy atom. The maximum atomic E-state index is 12.2. The first-order valence-corrected chi connectivity index (χ1v) is 10.3. The van der Waals surface area contributed by atoms with Crippen LogP contribution in [-0.2, 0) is 14.8 Å². The predicted molar refractivity (Wildman–Crippen MR) is 99.9 cm³/mol. The van der Waals surface area contributed by atoms with Crippen LogP contribution in [0.5, 0.6) is 0 Å². The number of rotatable bonds is 9. The van der Waals surface area contributed by atoms with Crippen LogP contribution < -0.4 is 9.62 Å². The molecule has 0 heterocycles. The van der Waals surface area contributed by atoms with Crippen molar-refractivity contribution >= 4 is 21.6 Å². The van der Waals surface area contributed by atoms with Crippen LogP contribution in [0.1, 0.15) is 50.7 Å². The second-order valence-electron chi connectivity index (χ2n) is 6.41. The van der Waals surface area contributed by atoms with Crippen molar-refractivity contribution in [2.75, 3.05) is 17.1 Å². The van der Waals surface area contributed by atoms with Gasteiger partial charge >= 0.3 is 0 Å². The van der Waals surface area contributed by atoms with E-state index in [0.29, 0.717) is 25.1 Å². The SMILES string of the molecule is CCCC(C)NC(=O)CCCN(c1cccc(C)c1C)S(C)(=O)=O. The molecule has 6 heteroatoms. The quantitative estimate of drug-likeness (QED) is 0.741. The third-order valence-corrected chi connectivity index (χ3v) is 5.32. The minimum Gasteiger partial charge on any atom is -0.354 e. The molecule has 0 aliphatic heterocycles. The summed E-state index contributed by atoms with van der Waals surface area (Å²) in [6.07, 6.45) is 3.99. The van der Waals surface area contributed by atoms with E-state index in [9.17, 15) is 13.2 Å². The standard InChI is InChI=1S/C18H30N2O3S/c1-6-9-15(3)19-18(21)12-8-13-20(24(5,22)23)17-11-7-10-14(2)16(17)4/h7,10-11,15H,6,8-9,12-13H2,1-5H3,(H,19,21). The molecule has 24 heavy (non-hydrogen) atoms. The van der Waals surface area contributed by atoms with Gasteiger partial charge in [0, 0.05) is 19.0 Å². The summed E-state index contributed by atoms with van der Waals surface area (Å²) in [5.74, 6) is -0.0228. The van der Waals surface area contributed by atoms with Crippen LogP contribution in [0.25, 0.3) is 0 Å². The van der Waals surface area contributed by atoms with Crippen LogP contribution in [0.4, 0.5) is 5.69 Å². The highest BCUT2D eigenvalue weighted by Crippen LogP contribution is 2.25. The Bertz CT molecular complexity index is 656. The van der Waals surface area contributed by atoms with Gasteiger partial charge in [0.25, 0.3) is 0 Å². The zero-order chi connectivity index (χ0) is 18.3. The number of aryl methyl sites for hydroxylation is 1. The average molecular weight is 355 g/mol. The van der Waals surface area contributed by atoms with Crippen molar-refractivity contribution in [1.29, 1.82) is 0 Å². The molecule has 1 rings (SSSR count). The van der Waals surface area contributed by atoms with E-state index in [-0.39, 0.29) is 11.9 Å². The number of hydrogen-bond acceptors (Lipinski definition) is 3. The number of nitrogens with one attached hydrogen (secondary N) is 1. The second kappa shape index (κ2) is 9.06. The van der Waals surface area contributed by atoms with Crippen molar-refractivity contribution in [2.24, 2.45) is 0 Å². The predicted octanol–water partition coefficient (Wildman–Crippen LogP) is 3.15. The highest BCUT2D eigenvalue weighted by molar-refractivity contribution is 7.92. The molecule has 0 spiro atoms. The smallest absolute Gasteiger partial charge is 0.232 e. The fraction of sp³-hybridized carbons (Fsp3) is 0.611. The zero-order valence-electron chi connectivity index (χ0n) is 15.4. The summed E-state index contributed by atoms with van der Waals surface area (Å²) >= 11 is 0. The third kappa shape index (κ3) is 6.15. The number of sulfonamides is 1. The summed E-state index contributed by atoms with van der Waals surface area (Å²) < 4.78 is 25.7. The Labute approximate surface area is 146 Å². The van der Waals surface area contributed by atoms with Crippen molar-refractivity contribution in [3.8, 4) is 0 Å². The fourth-order valence-corrected chi connectivity index (χ4v) is 3.72. The number of benzene rings is 1. The highest BCUT2D eigenvalue weighted by atomic mass is 32.2. The van der Waals surface area contributed by atoms with Crippen molar-refractivity contribution in [3.63, 3.8) is 0 Å². The van der Waals surface area contributed by atoms with Crippen LogP contribution in [-0.4, -0.2) is 33.2 Å². The molecule has 1 unspecified atom stereocenters. The summed E-state index contributed by atoms with van der Waals surface area (Å²) in [6.45, 7) is 8.25. The van der Waals surface area contributed by atoms with E-state index in [4.69, 9.17) is 0 Å². The first-order valence-electron chi connectivity index (χ1n) is 8.50. The molecule has 5 nitrogen and oxygen atoms in total. The molecule has 0 fully saturated rings. The van der Waals surface area contributed by atoms with Gasteiger partial charge < -0.3 is 5.32 Å². The van der Waals surface area contributed by atoms with Gasteiger partial charge in [-0.3, -0.25) is 9.10 Å². The molecule has 1 aromatic rings. The van der Waals surface area contributed by atoms with Gasteiger partial charge in [-0.15, -0.1) is 0 Å². The molecule has 1 N–H and O–H groups in total. The first-order chi connectivity index (χ1) is 11.2. The molecule has 0 aromatic heterocycles. The lowest BCUT2D eigenvalue weighted by Crippen LogP contribution is -2.35. The zero-order valence-corrected chi connectivity index (χ0v) is 16.2. The van der Waals surface area contributed by atoms with Gasteiger partial charge in [0.05, 0.1) is 11.9 Å². The second-order valence-corrected chi connectivity index (χ2v) is 8.32. The normalized spacial score (nSPS) is 12.7. The number of hydrogen-bond donors (Lipinski definition) is 1. The average Bonchev–Trinajstić information content (AvgIpc) is 2.46. The lowest BCUT2D eigenvalue weighted by atomic mass is 10.1. The van der Waals surface area contributed by atoms with Gasteiger partial charge in [0.15, 0.2) is 0 Å². The molecule has 0 bridgehead atoms. The molecule has 0 aliphatic carbocycles. The Morgan fingerprint density at radius 3 is 2.54 bits per heavy atom. The van der Waals surface area contributed by atoms with Crippen LogP contribution >= 0.6 is 0 Å². The molecule has 1 aromatic carbocycles. The molecule has 0 saturated carbocycles. The van der Waals surface area contributed by atoms with Gasteiger partial charge in [-0.25, -0.2) is 8.42 Å². The van der Waals surface area contributed by atoms with Crippen molar-refractivity contribution < 1.29 is 13.2 Å². The van der Waals surface area contributed by atoms with E-state index in [1.165, 1.54) is 10.6 Å². The number of carbonyl (C=O) groups excluding carboxylic acids is 1. The van der Waals surface area contributed by atoms with E-state index in [1.54, 1.807) is 0 Å². The Kier molecular flexibility index (Phi) is 7.73. The summed E-state index contributed by atoms with van der Waals surface area (Å²) in [5.41, 5.74) is 2.69. The molecule has 136 valence electrons. The fourth-order valence-electron chi connectivity index (χ4n) is 2.71. The van der Waals surface area contributed by atoms with E-state index < -0.39 is 10.0 Å². The lowest BCUT2D eigenvalue weighted by Gasteiger charge is -2.25. The molecule has 0 radical (unpaired) electrons. The van der Waals surface area contributed by atoms with Crippen molar-refractivity contribution in [1.82, 2.24) is 5.32 Å². The number of carbonyl (C=O) groups is 1. The summed E-state index contributed by atoms with van der Waals surface area (Å²) in [4.78, 5) is 11.9. The molecule has 1 amide bonds. The topological polar surface area (TPSA) is 66.5 Å². The van der Waals surface area contributed by atoms with Gasteiger partial charge in [0.2, 0.25) is 15.9 Å². The number of amides is 1. The summed E-state index contributed by atoms with van der Waals surface area (Å²) in [6, 6.07) is 5.79. The lowest BCUT2D eigenvalue weighted by molar-refractivity contribution is -0.121. The van der Waals surface area contributed by atoms with Crippen LogP contribution in [0.3, 0.4) is 0 Å². The van der Waals surface area contributed by atoms with Gasteiger partial charge in [0.1, 0.15) is 0 Å². The van der Waals surface area contributed by atoms with Crippen LogP contribution in [0.2, 0.25) is 0 Å². The summed E-state index contributed by atoms with van der Waals surface area (Å²) in [7, 11) is -3.39. The molecule has 0 aliphatic rings. The Balaban J connectivity index is 2.73. The van der Waals surface area contributed by atoms with Crippen molar-refractivity contribution in [2.45, 2.75) is 59.4 Å². The van der Waals surface area contributed by atoms with E-state index >= 15 is 0 Å². The van der Waals surface area contributed by atoms with Crippen LogP contribution in [0.15, 0.2) is 18.2 Å². The maximum absolute atomic E-state index is 12.2. The minimum atomic E-state index is -3.39. The Morgan fingerprint density at radius 1 is 1.29 bits per heavy atom. The minimum absolute atomic E-state index is 0.0228. The Hall–Kier alpha value is -1.56. The maximum Gasteiger partial charge on any atom is 0.232 e. The van der Waals surface area contributed by atoms with E-state index in [1.807, 2.05) is 39.0 Å². The molecule has 0 saturated heterocycles. The van der Waals surface area contributed by atoms with E-state index in [2.05, 4.69) is 12.2 Å². The monoisotopic (exact) mass is 354 g/mol. The molecular weight excluding hydrogens is 324 g/mol. The summed E-state index contributed by atoms with van der Waals surface area (Å²) in [5, 5.41) is 2.95. The van der Waals surface area contributed by atoms with Crippen LogP contribution in [0, 0.1) is 13.8 Å². The molecule has 1 atom stereocenters. The molecular formula is C18H30N2O3S. The van der Waals surface area contributed by atoms with Gasteiger partial charge in [-0.05, 0) is 50.8 Å². The van der Waals surface area contributed by atoms with Gasteiger partial charge in [-0.1, -0.05) is 25.5 Å². The number of anilines is 1. The van der Waals surface area contributed by atoms with E-state index in [0.717, 1.165) is 24.0 Å².